The fraction of sp³-hybridized carbons (Fsp3) is 0.667. The molecule has 1 aliphatic carbocycles. The maximum atomic E-state index is 9.45. The molecule has 20 heavy (non-hydrogen) atoms. The number of nitrogens with one attached hydrogen (secondary N) is 1. The summed E-state index contributed by atoms with van der Waals surface area (Å²) in [5.74, 6) is 0. The van der Waals surface area contributed by atoms with E-state index in [0.717, 1.165) is 24.1 Å². The van der Waals surface area contributed by atoms with Crippen molar-refractivity contribution in [2.45, 2.75) is 63.4 Å². The lowest BCUT2D eigenvalue weighted by atomic mass is 9.70. The van der Waals surface area contributed by atoms with Crippen LogP contribution in [0.15, 0.2) is 12.3 Å². The third-order valence-electron chi connectivity index (χ3n) is 4.27. The summed E-state index contributed by atoms with van der Waals surface area (Å²) in [5.41, 5.74) is 1.82. The van der Waals surface area contributed by atoms with Crippen molar-refractivity contribution in [1.29, 1.82) is 0 Å². The van der Waals surface area contributed by atoms with Crippen LogP contribution in [0, 0.1) is 0 Å². The lowest BCUT2D eigenvalue weighted by Gasteiger charge is -2.33. The van der Waals surface area contributed by atoms with Gasteiger partial charge in [-0.25, -0.2) is 4.98 Å². The lowest BCUT2D eigenvalue weighted by Crippen LogP contribution is -2.39. The van der Waals surface area contributed by atoms with E-state index in [-0.39, 0.29) is 12.0 Å². The molecule has 0 amide bonds. The lowest BCUT2D eigenvalue weighted by molar-refractivity contribution is 0.282. The Morgan fingerprint density at radius 1 is 1.20 bits per heavy atom. The van der Waals surface area contributed by atoms with E-state index >= 15 is 0 Å². The topological polar surface area (TPSA) is 45.2 Å². The average molecular weight is 295 g/mol. The second kappa shape index (κ2) is 7.32. The van der Waals surface area contributed by atoms with E-state index in [4.69, 9.17) is 11.6 Å². The Bertz CT molecular complexity index is 432. The van der Waals surface area contributed by atoms with Gasteiger partial charge in [0.2, 0.25) is 0 Å². The first-order valence-electron chi connectivity index (χ1n) is 7.66. The first-order valence-corrected chi connectivity index (χ1v) is 8.04. The summed E-state index contributed by atoms with van der Waals surface area (Å²) < 4.78 is 0. The summed E-state index contributed by atoms with van der Waals surface area (Å²) in [6.45, 7) is -0.0113. The van der Waals surface area contributed by atoms with Gasteiger partial charge in [-0.05, 0) is 18.9 Å². The highest BCUT2D eigenvalue weighted by Crippen LogP contribution is 2.29. The maximum absolute atomic E-state index is 9.45. The number of nitrogens with zero attached hydrogens (tertiary/aromatic N) is 1. The molecular weight excluding hydrogens is 270 g/mol. The maximum Gasteiger partial charge on any atom is 0.134 e. The Labute approximate surface area is 127 Å². The summed E-state index contributed by atoms with van der Waals surface area (Å²) >= 11 is 5.99. The number of pyridine rings is 1. The highest BCUT2D eigenvalue weighted by Gasteiger charge is 2.25. The van der Waals surface area contributed by atoms with E-state index in [9.17, 15) is 5.11 Å². The van der Waals surface area contributed by atoms with Gasteiger partial charge in [0.05, 0.1) is 6.61 Å². The molecule has 0 bridgehead atoms. The van der Waals surface area contributed by atoms with Crippen molar-refractivity contribution in [2.24, 2.45) is 0 Å². The molecule has 2 rings (SSSR count). The van der Waals surface area contributed by atoms with Gasteiger partial charge in [-0.1, -0.05) is 50.1 Å². The molecule has 0 spiro atoms. The molecule has 2 N–H and O–H groups in total. The predicted molar refractivity (Wildman–Crippen MR) is 87.0 cm³/mol. The highest BCUT2D eigenvalue weighted by molar-refractivity contribution is 6.29. The molecule has 0 aromatic carbocycles. The SMILES string of the molecule is BC1(Nc2cc(Cl)ncc2CO)CCCCCCCC1. The first kappa shape index (κ1) is 15.6. The smallest absolute Gasteiger partial charge is 0.134 e. The largest absolute Gasteiger partial charge is 0.392 e. The number of aromatic nitrogens is 1. The van der Waals surface area contributed by atoms with Gasteiger partial charge in [-0.2, -0.15) is 0 Å². The second-order valence-corrected chi connectivity index (χ2v) is 6.52. The molecule has 0 unspecified atom stereocenters. The zero-order valence-electron chi connectivity index (χ0n) is 12.3. The number of halogens is 1. The Morgan fingerprint density at radius 2 is 1.80 bits per heavy atom. The standard InChI is InChI=1S/C15H24BClN2O/c16-15(7-5-3-1-2-4-6-8-15)19-13-9-14(17)18-10-12(13)11-20/h9-10,20H,1-8,11,16H2,(H,18,19). The van der Waals surface area contributed by atoms with Gasteiger partial charge in [0, 0.05) is 22.9 Å². The third kappa shape index (κ3) is 4.39. The zero-order valence-corrected chi connectivity index (χ0v) is 13.0. The van der Waals surface area contributed by atoms with E-state index in [0.29, 0.717) is 5.15 Å². The Balaban J connectivity index is 2.14. The van der Waals surface area contributed by atoms with Crippen molar-refractivity contribution >= 4 is 25.1 Å². The van der Waals surface area contributed by atoms with Crippen LogP contribution in [0.1, 0.15) is 56.9 Å². The summed E-state index contributed by atoms with van der Waals surface area (Å²) in [5, 5.41) is 13.5. The second-order valence-electron chi connectivity index (χ2n) is 6.13. The minimum atomic E-state index is -0.0113. The molecule has 1 aliphatic rings. The van der Waals surface area contributed by atoms with Crippen molar-refractivity contribution in [3.8, 4) is 0 Å². The van der Waals surface area contributed by atoms with Crippen molar-refractivity contribution < 1.29 is 5.11 Å². The van der Waals surface area contributed by atoms with Gasteiger partial charge in [-0.3, -0.25) is 0 Å². The molecule has 3 nitrogen and oxygen atoms in total. The Kier molecular flexibility index (Phi) is 5.73. The number of hydrogen-bond acceptors (Lipinski definition) is 3. The fourth-order valence-electron chi connectivity index (χ4n) is 3.01. The van der Waals surface area contributed by atoms with Crippen LogP contribution in [-0.4, -0.2) is 23.4 Å². The summed E-state index contributed by atoms with van der Waals surface area (Å²) in [7, 11) is 2.29. The Hall–Kier alpha value is -0.735. The van der Waals surface area contributed by atoms with Crippen molar-refractivity contribution in [3.05, 3.63) is 23.0 Å². The quantitative estimate of drug-likeness (QED) is 0.665. The third-order valence-corrected chi connectivity index (χ3v) is 4.47. The van der Waals surface area contributed by atoms with Crippen LogP contribution in [0.4, 0.5) is 5.69 Å². The van der Waals surface area contributed by atoms with Crippen LogP contribution in [0.5, 0.6) is 0 Å². The molecule has 1 fully saturated rings. The molecule has 1 heterocycles. The van der Waals surface area contributed by atoms with Crippen LogP contribution >= 0.6 is 11.6 Å². The van der Waals surface area contributed by atoms with E-state index in [1.807, 2.05) is 6.07 Å². The van der Waals surface area contributed by atoms with Crippen molar-refractivity contribution in [2.75, 3.05) is 5.32 Å². The highest BCUT2D eigenvalue weighted by atomic mass is 35.5. The average Bonchev–Trinajstić information content (AvgIpc) is 2.51. The van der Waals surface area contributed by atoms with Gasteiger partial charge in [0.25, 0.3) is 0 Å². The van der Waals surface area contributed by atoms with Crippen LogP contribution < -0.4 is 5.32 Å². The molecule has 0 atom stereocenters. The molecule has 1 aromatic heterocycles. The molecule has 0 saturated heterocycles. The number of rotatable bonds is 3. The van der Waals surface area contributed by atoms with Gasteiger partial charge in [0.1, 0.15) is 13.0 Å². The number of aliphatic hydroxyl groups is 1. The van der Waals surface area contributed by atoms with Gasteiger partial charge >= 0.3 is 0 Å². The summed E-state index contributed by atoms with van der Waals surface area (Å²) in [4.78, 5) is 4.04. The molecule has 1 aromatic rings. The molecule has 1 saturated carbocycles. The predicted octanol–water partition coefficient (Wildman–Crippen LogP) is 3.10. The minimum Gasteiger partial charge on any atom is -0.392 e. The van der Waals surface area contributed by atoms with Crippen molar-refractivity contribution in [1.82, 2.24) is 4.98 Å². The monoisotopic (exact) mass is 294 g/mol. The molecular formula is C15H24BClN2O. The zero-order chi connectivity index (χ0) is 14.4. The fourth-order valence-corrected chi connectivity index (χ4v) is 3.17. The molecule has 5 heteroatoms. The Morgan fingerprint density at radius 3 is 2.40 bits per heavy atom. The van der Waals surface area contributed by atoms with Crippen LogP contribution in [0.25, 0.3) is 0 Å². The summed E-state index contributed by atoms with van der Waals surface area (Å²) in [6, 6.07) is 1.82. The van der Waals surface area contributed by atoms with Gasteiger partial charge in [0.15, 0.2) is 0 Å². The van der Waals surface area contributed by atoms with Gasteiger partial charge in [-0.15, -0.1) is 0 Å². The molecule has 0 aliphatic heterocycles. The van der Waals surface area contributed by atoms with E-state index in [1.165, 1.54) is 38.5 Å². The number of aliphatic hydroxyl groups excluding tert-OH is 1. The number of hydrogen-bond donors (Lipinski definition) is 2. The van der Waals surface area contributed by atoms with E-state index < -0.39 is 0 Å². The van der Waals surface area contributed by atoms with Crippen LogP contribution in [0.2, 0.25) is 5.15 Å². The molecule has 110 valence electrons. The van der Waals surface area contributed by atoms with Crippen LogP contribution in [-0.2, 0) is 6.61 Å². The number of anilines is 1. The van der Waals surface area contributed by atoms with Crippen molar-refractivity contribution in [3.63, 3.8) is 0 Å². The van der Waals surface area contributed by atoms with Crippen LogP contribution in [0.3, 0.4) is 0 Å². The summed E-state index contributed by atoms with van der Waals surface area (Å²) in [6.07, 6.45) is 11.9. The van der Waals surface area contributed by atoms with Gasteiger partial charge < -0.3 is 10.4 Å². The minimum absolute atomic E-state index is 0.0113. The first-order chi connectivity index (χ1) is 9.63. The van der Waals surface area contributed by atoms with E-state index in [1.54, 1.807) is 6.20 Å². The molecule has 0 radical (unpaired) electrons. The van der Waals surface area contributed by atoms with E-state index in [2.05, 4.69) is 18.1 Å². The normalized spacial score (nSPS) is 19.7.